The number of benzene rings is 1. The van der Waals surface area contributed by atoms with Crippen LogP contribution in [0.1, 0.15) is 23.7 Å². The number of methoxy groups -OCH3 is 1. The van der Waals surface area contributed by atoms with E-state index in [4.69, 9.17) is 9.47 Å². The van der Waals surface area contributed by atoms with E-state index in [0.717, 1.165) is 11.3 Å². The van der Waals surface area contributed by atoms with E-state index < -0.39 is 0 Å². The van der Waals surface area contributed by atoms with Crippen LogP contribution in [0.15, 0.2) is 36.7 Å². The van der Waals surface area contributed by atoms with Gasteiger partial charge in [-0.1, -0.05) is 17.7 Å². The summed E-state index contributed by atoms with van der Waals surface area (Å²) in [6.07, 6.45) is 4.18. The number of hydrogen-bond acceptors (Lipinski definition) is 4. The molecular weight excluding hydrogens is 306 g/mol. The second-order valence-electron chi connectivity index (χ2n) is 6.07. The number of nitrogens with zero attached hydrogens (tertiary/aromatic N) is 2. The smallest absolute Gasteiger partial charge is 0.230 e. The number of aryl methyl sites for hydroxylation is 1. The predicted octanol–water partition coefficient (Wildman–Crippen LogP) is 2.55. The minimum absolute atomic E-state index is 0.00834. The molecule has 1 fully saturated rings. The summed E-state index contributed by atoms with van der Waals surface area (Å²) in [5.74, 6) is -0.211. The maximum atomic E-state index is 12.6. The van der Waals surface area contributed by atoms with E-state index in [1.54, 1.807) is 13.3 Å². The molecule has 1 aromatic carbocycles. The molecule has 1 amide bonds. The van der Waals surface area contributed by atoms with Crippen LogP contribution in [-0.4, -0.2) is 36.0 Å². The highest BCUT2D eigenvalue weighted by molar-refractivity contribution is 5.93. The Morgan fingerprint density at radius 1 is 1.42 bits per heavy atom. The molecule has 0 saturated carbocycles. The molecule has 6 heteroatoms. The first-order valence-corrected chi connectivity index (χ1v) is 8.18. The number of carbonyl (C=O) groups is 1. The molecule has 0 spiro atoms. The van der Waals surface area contributed by atoms with Gasteiger partial charge in [-0.2, -0.15) is 5.10 Å². The molecule has 2 heterocycles. The van der Waals surface area contributed by atoms with E-state index in [-0.39, 0.29) is 17.9 Å². The van der Waals surface area contributed by atoms with Crippen LogP contribution in [0.5, 0.6) is 0 Å². The molecule has 6 nitrogen and oxygen atoms in total. The fourth-order valence-electron chi connectivity index (χ4n) is 2.89. The minimum Gasteiger partial charge on any atom is -0.383 e. The highest BCUT2D eigenvalue weighted by Gasteiger charge is 2.36. The monoisotopic (exact) mass is 329 g/mol. The van der Waals surface area contributed by atoms with Gasteiger partial charge < -0.3 is 14.8 Å². The second-order valence-corrected chi connectivity index (χ2v) is 6.07. The zero-order valence-electron chi connectivity index (χ0n) is 14.1. The molecule has 24 heavy (non-hydrogen) atoms. The molecular formula is C18H23N3O3. The topological polar surface area (TPSA) is 65.4 Å². The minimum atomic E-state index is -0.244. The van der Waals surface area contributed by atoms with Crippen molar-refractivity contribution in [2.24, 2.45) is 5.92 Å². The zero-order valence-corrected chi connectivity index (χ0v) is 14.1. The van der Waals surface area contributed by atoms with Gasteiger partial charge in [0.15, 0.2) is 0 Å². The fraction of sp³-hybridized carbons (Fsp3) is 0.444. The lowest BCUT2D eigenvalue weighted by molar-refractivity contribution is -0.121. The molecule has 0 unspecified atom stereocenters. The molecule has 2 aromatic rings. The van der Waals surface area contributed by atoms with Crippen molar-refractivity contribution in [2.45, 2.75) is 26.0 Å². The third-order valence-corrected chi connectivity index (χ3v) is 4.25. The Balaban J connectivity index is 1.67. The normalized spacial score (nSPS) is 20.2. The van der Waals surface area contributed by atoms with Gasteiger partial charge >= 0.3 is 0 Å². The van der Waals surface area contributed by atoms with Gasteiger partial charge in [-0.15, -0.1) is 0 Å². The Hall–Kier alpha value is -2.18. The Labute approximate surface area is 141 Å². The van der Waals surface area contributed by atoms with Crippen LogP contribution in [0.2, 0.25) is 0 Å². The molecule has 128 valence electrons. The van der Waals surface area contributed by atoms with E-state index in [0.29, 0.717) is 26.2 Å². The van der Waals surface area contributed by atoms with Crippen LogP contribution < -0.4 is 5.32 Å². The van der Waals surface area contributed by atoms with E-state index in [1.807, 2.05) is 42.1 Å². The summed E-state index contributed by atoms with van der Waals surface area (Å²) in [5, 5.41) is 7.30. The van der Waals surface area contributed by atoms with Gasteiger partial charge in [0.2, 0.25) is 5.91 Å². The van der Waals surface area contributed by atoms with Crippen LogP contribution in [0.25, 0.3) is 0 Å². The number of hydrogen-bond donors (Lipinski definition) is 1. The number of rotatable bonds is 6. The molecule has 1 aliphatic heterocycles. The number of nitrogens with one attached hydrogen (secondary N) is 1. The first kappa shape index (κ1) is 16.7. The molecule has 0 aliphatic carbocycles. The first-order valence-electron chi connectivity index (χ1n) is 8.18. The van der Waals surface area contributed by atoms with Gasteiger partial charge in [0.25, 0.3) is 0 Å². The first-order chi connectivity index (χ1) is 11.7. The SMILES string of the molecule is COCCn1cc([C@H]2OCC[C@@H]2C(=O)Nc2ccc(C)cc2)cn1. The second kappa shape index (κ2) is 7.59. The van der Waals surface area contributed by atoms with E-state index in [9.17, 15) is 4.79 Å². The summed E-state index contributed by atoms with van der Waals surface area (Å²) < 4.78 is 12.7. The number of amides is 1. The Morgan fingerprint density at radius 2 is 2.21 bits per heavy atom. The van der Waals surface area contributed by atoms with Crippen LogP contribution in [0.4, 0.5) is 5.69 Å². The molecule has 0 bridgehead atoms. The number of aromatic nitrogens is 2. The summed E-state index contributed by atoms with van der Waals surface area (Å²) in [7, 11) is 1.66. The molecule has 2 atom stereocenters. The Kier molecular flexibility index (Phi) is 5.27. The number of ether oxygens (including phenoxy) is 2. The lowest BCUT2D eigenvalue weighted by Gasteiger charge is -2.17. The standard InChI is InChI=1S/C18H23N3O3/c1-13-3-5-15(6-4-13)20-18(22)16-7-9-24-17(16)14-11-19-21(12-14)8-10-23-2/h3-6,11-12,16-17H,7-10H2,1-2H3,(H,20,22)/t16-,17+/m0/s1. The van der Waals surface area contributed by atoms with E-state index >= 15 is 0 Å². The third-order valence-electron chi connectivity index (χ3n) is 4.25. The lowest BCUT2D eigenvalue weighted by atomic mass is 9.96. The molecule has 3 rings (SSSR count). The van der Waals surface area contributed by atoms with Crippen LogP contribution in [-0.2, 0) is 20.8 Å². The average molecular weight is 329 g/mol. The van der Waals surface area contributed by atoms with Crippen molar-refractivity contribution in [1.29, 1.82) is 0 Å². The highest BCUT2D eigenvalue weighted by atomic mass is 16.5. The average Bonchev–Trinajstić information content (AvgIpc) is 3.23. The van der Waals surface area contributed by atoms with Crippen LogP contribution in [0, 0.1) is 12.8 Å². The van der Waals surface area contributed by atoms with Crippen molar-refractivity contribution in [2.75, 3.05) is 25.6 Å². The summed E-state index contributed by atoms with van der Waals surface area (Å²) in [4.78, 5) is 12.6. The fourth-order valence-corrected chi connectivity index (χ4v) is 2.89. The van der Waals surface area contributed by atoms with Crippen LogP contribution >= 0.6 is 0 Å². The molecule has 1 saturated heterocycles. The predicted molar refractivity (Wildman–Crippen MR) is 90.7 cm³/mol. The molecule has 1 aliphatic rings. The summed E-state index contributed by atoms with van der Waals surface area (Å²) in [6.45, 7) is 3.89. The maximum absolute atomic E-state index is 12.6. The molecule has 0 radical (unpaired) electrons. The number of anilines is 1. The summed E-state index contributed by atoms with van der Waals surface area (Å²) in [5.41, 5.74) is 2.92. The molecule has 1 N–H and O–H groups in total. The maximum Gasteiger partial charge on any atom is 0.230 e. The summed E-state index contributed by atoms with van der Waals surface area (Å²) in [6, 6.07) is 7.80. The van der Waals surface area contributed by atoms with Gasteiger partial charge in [0, 0.05) is 31.2 Å². The highest BCUT2D eigenvalue weighted by Crippen LogP contribution is 2.35. The largest absolute Gasteiger partial charge is 0.383 e. The van der Waals surface area contributed by atoms with Gasteiger partial charge in [-0.25, -0.2) is 0 Å². The van der Waals surface area contributed by atoms with Crippen molar-refractivity contribution in [3.05, 3.63) is 47.8 Å². The van der Waals surface area contributed by atoms with Gasteiger partial charge in [0.05, 0.1) is 31.4 Å². The Bertz CT molecular complexity index is 681. The Morgan fingerprint density at radius 3 is 2.96 bits per heavy atom. The van der Waals surface area contributed by atoms with Gasteiger partial charge in [0.1, 0.15) is 0 Å². The third kappa shape index (κ3) is 3.83. The van der Waals surface area contributed by atoms with Crippen LogP contribution in [0.3, 0.4) is 0 Å². The molecule has 1 aromatic heterocycles. The van der Waals surface area contributed by atoms with Crippen molar-refractivity contribution >= 4 is 11.6 Å². The zero-order chi connectivity index (χ0) is 16.9. The van der Waals surface area contributed by atoms with Gasteiger partial charge in [-0.3, -0.25) is 9.48 Å². The van der Waals surface area contributed by atoms with Gasteiger partial charge in [-0.05, 0) is 25.5 Å². The lowest BCUT2D eigenvalue weighted by Crippen LogP contribution is -2.25. The van der Waals surface area contributed by atoms with E-state index in [2.05, 4.69) is 10.4 Å². The van der Waals surface area contributed by atoms with Crippen molar-refractivity contribution < 1.29 is 14.3 Å². The summed E-state index contributed by atoms with van der Waals surface area (Å²) >= 11 is 0. The van der Waals surface area contributed by atoms with Crippen molar-refractivity contribution in [3.8, 4) is 0 Å². The van der Waals surface area contributed by atoms with Crippen molar-refractivity contribution in [3.63, 3.8) is 0 Å². The van der Waals surface area contributed by atoms with Crippen molar-refractivity contribution in [1.82, 2.24) is 9.78 Å². The number of carbonyl (C=O) groups excluding carboxylic acids is 1. The van der Waals surface area contributed by atoms with E-state index in [1.165, 1.54) is 5.56 Å². The quantitative estimate of drug-likeness (QED) is 0.884.